The lowest BCUT2D eigenvalue weighted by atomic mass is 10.0. The number of ketones is 1. The standard InChI is InChI=1S/C20H31FO2/c1-5-16(4)14-23-19-12-17(11-18(21)13-19)9-7-6-8-10-20(22)15(2)3/h11-13,15-16H,5-10,14H2,1-4H3. The molecule has 0 aliphatic rings. The minimum absolute atomic E-state index is 0.128. The fraction of sp³-hybridized carbons (Fsp3) is 0.650. The zero-order valence-electron chi connectivity index (χ0n) is 15.0. The molecule has 0 saturated carbocycles. The Kier molecular flexibility index (Phi) is 8.90. The minimum Gasteiger partial charge on any atom is -0.493 e. The van der Waals surface area contributed by atoms with Crippen LogP contribution in [0.4, 0.5) is 4.39 Å². The van der Waals surface area contributed by atoms with Crippen molar-refractivity contribution in [2.24, 2.45) is 11.8 Å². The molecule has 0 amide bonds. The number of hydrogen-bond donors (Lipinski definition) is 0. The molecule has 3 heteroatoms. The maximum Gasteiger partial charge on any atom is 0.135 e. The van der Waals surface area contributed by atoms with Gasteiger partial charge >= 0.3 is 0 Å². The van der Waals surface area contributed by atoms with E-state index < -0.39 is 0 Å². The molecule has 130 valence electrons. The number of carbonyl (C=O) groups excluding carboxylic acids is 1. The topological polar surface area (TPSA) is 26.3 Å². The molecular weight excluding hydrogens is 291 g/mol. The Hall–Kier alpha value is -1.38. The van der Waals surface area contributed by atoms with E-state index in [0.29, 0.717) is 30.5 Å². The van der Waals surface area contributed by atoms with Crippen LogP contribution >= 0.6 is 0 Å². The molecule has 1 aromatic carbocycles. The Labute approximate surface area is 140 Å². The molecule has 0 fully saturated rings. The summed E-state index contributed by atoms with van der Waals surface area (Å²) < 4.78 is 19.4. The summed E-state index contributed by atoms with van der Waals surface area (Å²) in [4.78, 5) is 11.6. The van der Waals surface area contributed by atoms with Crippen LogP contribution < -0.4 is 4.74 Å². The molecular formula is C20H31FO2. The number of unbranched alkanes of at least 4 members (excludes halogenated alkanes) is 2. The number of hydrogen-bond acceptors (Lipinski definition) is 2. The van der Waals surface area contributed by atoms with Gasteiger partial charge < -0.3 is 4.74 Å². The molecule has 1 atom stereocenters. The van der Waals surface area contributed by atoms with Crippen molar-refractivity contribution in [3.63, 3.8) is 0 Å². The SMILES string of the molecule is CCC(C)COc1cc(F)cc(CCCCCC(=O)C(C)C)c1. The number of carbonyl (C=O) groups is 1. The van der Waals surface area contributed by atoms with Gasteiger partial charge in [-0.15, -0.1) is 0 Å². The van der Waals surface area contributed by atoms with E-state index in [1.807, 2.05) is 19.9 Å². The quantitative estimate of drug-likeness (QED) is 0.497. The average molecular weight is 322 g/mol. The molecule has 0 aliphatic heterocycles. The Morgan fingerprint density at radius 1 is 1.13 bits per heavy atom. The van der Waals surface area contributed by atoms with E-state index in [2.05, 4.69) is 13.8 Å². The Balaban J connectivity index is 2.38. The predicted molar refractivity (Wildman–Crippen MR) is 93.4 cm³/mol. The summed E-state index contributed by atoms with van der Waals surface area (Å²) in [5, 5.41) is 0. The Morgan fingerprint density at radius 3 is 2.52 bits per heavy atom. The van der Waals surface area contributed by atoms with Crippen LogP contribution in [-0.2, 0) is 11.2 Å². The second-order valence-electron chi connectivity index (χ2n) is 6.80. The Morgan fingerprint density at radius 2 is 1.87 bits per heavy atom. The fourth-order valence-electron chi connectivity index (χ4n) is 2.30. The number of aryl methyl sites for hydroxylation is 1. The summed E-state index contributed by atoms with van der Waals surface area (Å²) in [6.45, 7) is 8.75. The van der Waals surface area contributed by atoms with Gasteiger partial charge in [-0.25, -0.2) is 4.39 Å². The van der Waals surface area contributed by atoms with Crippen LogP contribution in [0.1, 0.15) is 65.4 Å². The van der Waals surface area contributed by atoms with E-state index in [1.165, 1.54) is 6.07 Å². The van der Waals surface area contributed by atoms with Crippen LogP contribution in [0.3, 0.4) is 0 Å². The molecule has 0 N–H and O–H groups in total. The fourth-order valence-corrected chi connectivity index (χ4v) is 2.30. The van der Waals surface area contributed by atoms with E-state index >= 15 is 0 Å². The monoisotopic (exact) mass is 322 g/mol. The predicted octanol–water partition coefficient (Wildman–Crippen LogP) is 5.58. The van der Waals surface area contributed by atoms with Gasteiger partial charge in [-0.3, -0.25) is 4.79 Å². The molecule has 1 rings (SSSR count). The van der Waals surface area contributed by atoms with Gasteiger partial charge in [0, 0.05) is 18.4 Å². The summed E-state index contributed by atoms with van der Waals surface area (Å²) in [5.41, 5.74) is 0.972. The third-order valence-electron chi connectivity index (χ3n) is 4.20. The number of Topliss-reactive ketones (excluding diaryl/α,β-unsaturated/α-hetero) is 1. The van der Waals surface area contributed by atoms with Crippen molar-refractivity contribution in [3.05, 3.63) is 29.6 Å². The summed E-state index contributed by atoms with van der Waals surface area (Å²) in [5.74, 6) is 1.31. The van der Waals surface area contributed by atoms with Crippen LogP contribution in [0.2, 0.25) is 0 Å². The van der Waals surface area contributed by atoms with Crippen LogP contribution in [-0.4, -0.2) is 12.4 Å². The normalized spacial score (nSPS) is 12.4. The maximum atomic E-state index is 13.7. The van der Waals surface area contributed by atoms with Crippen molar-refractivity contribution < 1.29 is 13.9 Å². The third kappa shape index (κ3) is 8.15. The molecule has 0 bridgehead atoms. The molecule has 0 spiro atoms. The number of benzene rings is 1. The number of ether oxygens (including phenoxy) is 1. The van der Waals surface area contributed by atoms with Crippen molar-refractivity contribution in [2.45, 2.75) is 66.2 Å². The lowest BCUT2D eigenvalue weighted by molar-refractivity contribution is -0.122. The number of rotatable bonds is 11. The van der Waals surface area contributed by atoms with Crippen molar-refractivity contribution in [1.82, 2.24) is 0 Å². The van der Waals surface area contributed by atoms with E-state index in [4.69, 9.17) is 4.74 Å². The lowest BCUT2D eigenvalue weighted by Gasteiger charge is -2.12. The van der Waals surface area contributed by atoms with E-state index in [9.17, 15) is 9.18 Å². The molecule has 0 heterocycles. The molecule has 0 saturated heterocycles. The van der Waals surface area contributed by atoms with E-state index in [-0.39, 0.29) is 11.7 Å². The first-order chi connectivity index (χ1) is 10.9. The van der Waals surface area contributed by atoms with Crippen LogP contribution in [0, 0.1) is 17.7 Å². The zero-order chi connectivity index (χ0) is 17.2. The largest absolute Gasteiger partial charge is 0.493 e. The van der Waals surface area contributed by atoms with Crippen LogP contribution in [0.15, 0.2) is 18.2 Å². The minimum atomic E-state index is -0.239. The lowest BCUT2D eigenvalue weighted by Crippen LogP contribution is -2.07. The second kappa shape index (κ2) is 10.4. The van der Waals surface area contributed by atoms with Crippen molar-refractivity contribution in [1.29, 1.82) is 0 Å². The van der Waals surface area contributed by atoms with Crippen LogP contribution in [0.5, 0.6) is 5.75 Å². The summed E-state index contributed by atoms with van der Waals surface area (Å²) in [7, 11) is 0. The van der Waals surface area contributed by atoms with Crippen molar-refractivity contribution in [3.8, 4) is 5.75 Å². The van der Waals surface area contributed by atoms with Gasteiger partial charge in [0.15, 0.2) is 0 Å². The zero-order valence-corrected chi connectivity index (χ0v) is 15.0. The highest BCUT2D eigenvalue weighted by atomic mass is 19.1. The van der Waals surface area contributed by atoms with Crippen molar-refractivity contribution in [2.75, 3.05) is 6.61 Å². The first kappa shape index (κ1) is 19.7. The van der Waals surface area contributed by atoms with Gasteiger partial charge in [-0.05, 0) is 42.9 Å². The highest BCUT2D eigenvalue weighted by Crippen LogP contribution is 2.20. The molecule has 0 aliphatic carbocycles. The first-order valence-corrected chi connectivity index (χ1v) is 8.87. The number of halogens is 1. The van der Waals surface area contributed by atoms with Gasteiger partial charge in [0.1, 0.15) is 17.3 Å². The molecule has 1 aromatic rings. The smallest absolute Gasteiger partial charge is 0.135 e. The summed E-state index contributed by atoms with van der Waals surface area (Å²) in [6, 6.07) is 4.97. The molecule has 0 aromatic heterocycles. The Bertz CT molecular complexity index is 483. The van der Waals surface area contributed by atoms with Gasteiger partial charge in [0.05, 0.1) is 6.61 Å². The molecule has 0 radical (unpaired) electrons. The highest BCUT2D eigenvalue weighted by molar-refractivity contribution is 5.80. The third-order valence-corrected chi connectivity index (χ3v) is 4.20. The first-order valence-electron chi connectivity index (χ1n) is 8.87. The van der Waals surface area contributed by atoms with Gasteiger partial charge in [-0.2, -0.15) is 0 Å². The molecule has 1 unspecified atom stereocenters. The molecule has 2 nitrogen and oxygen atoms in total. The van der Waals surface area contributed by atoms with E-state index in [0.717, 1.165) is 37.7 Å². The maximum absolute atomic E-state index is 13.7. The van der Waals surface area contributed by atoms with Gasteiger partial charge in [-0.1, -0.05) is 40.5 Å². The van der Waals surface area contributed by atoms with E-state index in [1.54, 1.807) is 6.07 Å². The molecule has 23 heavy (non-hydrogen) atoms. The summed E-state index contributed by atoms with van der Waals surface area (Å²) in [6.07, 6.45) is 5.43. The highest BCUT2D eigenvalue weighted by Gasteiger charge is 2.07. The summed E-state index contributed by atoms with van der Waals surface area (Å²) >= 11 is 0. The average Bonchev–Trinajstić information content (AvgIpc) is 2.51. The van der Waals surface area contributed by atoms with Crippen LogP contribution in [0.25, 0.3) is 0 Å². The van der Waals surface area contributed by atoms with Gasteiger partial charge in [0.2, 0.25) is 0 Å². The van der Waals surface area contributed by atoms with Gasteiger partial charge in [0.25, 0.3) is 0 Å². The van der Waals surface area contributed by atoms with Crippen molar-refractivity contribution >= 4 is 5.78 Å². The second-order valence-corrected chi connectivity index (χ2v) is 6.80.